The first-order valence-electron chi connectivity index (χ1n) is 12.9. The first-order valence-corrected chi connectivity index (χ1v) is 17.2. The molecule has 0 saturated heterocycles. The maximum atomic E-state index is 12.7. The van der Waals surface area contributed by atoms with Crippen molar-refractivity contribution in [3.8, 4) is 5.75 Å². The van der Waals surface area contributed by atoms with Gasteiger partial charge in [-0.1, -0.05) is 17.4 Å². The van der Waals surface area contributed by atoms with Gasteiger partial charge < -0.3 is 0 Å². The Hall–Kier alpha value is -3.04. The molecular formula is C33H31O2PS2. The predicted molar refractivity (Wildman–Crippen MR) is 170 cm³/mol. The molecule has 1 aliphatic heterocycles. The van der Waals surface area contributed by atoms with Gasteiger partial charge in [0.1, 0.15) is 0 Å². The number of carbonyl (C=O) groups is 1. The second-order valence-electron chi connectivity index (χ2n) is 9.35. The van der Waals surface area contributed by atoms with E-state index in [1.165, 1.54) is 20.8 Å². The Balaban J connectivity index is 1.27. The number of hydrogen-bond acceptors (Lipinski definition) is 4. The van der Waals surface area contributed by atoms with E-state index in [-0.39, 0.29) is 5.97 Å². The summed E-state index contributed by atoms with van der Waals surface area (Å²) in [6, 6.07) is 40.5. The second-order valence-corrected chi connectivity index (χ2v) is 15.7. The van der Waals surface area contributed by atoms with Crippen molar-refractivity contribution >= 4 is 55.6 Å². The van der Waals surface area contributed by atoms with Crippen molar-refractivity contribution in [3.63, 3.8) is 0 Å². The van der Waals surface area contributed by atoms with Crippen molar-refractivity contribution < 1.29 is 9.53 Å². The van der Waals surface area contributed by atoms with Gasteiger partial charge in [-0.2, -0.15) is 0 Å². The second kappa shape index (κ2) is 12.7. The fourth-order valence-corrected chi connectivity index (χ4v) is 12.0. The molecule has 0 unspecified atom stereocenters. The molecule has 5 rings (SSSR count). The van der Waals surface area contributed by atoms with Crippen molar-refractivity contribution in [3.05, 3.63) is 138 Å². The SMILES string of the molecule is C=C1C=C(c2ccc(OC(=O)CCCC[PH](c3ccccc3)(c3ccccc3)c3ccccc3)cc2)SS1. The minimum Gasteiger partial charge on any atom is -0.0531 e. The van der Waals surface area contributed by atoms with Gasteiger partial charge in [0.25, 0.3) is 0 Å². The average Bonchev–Trinajstić information content (AvgIpc) is 3.41. The number of benzene rings is 4. The number of hydrogen-bond donors (Lipinski definition) is 0. The van der Waals surface area contributed by atoms with Crippen LogP contribution < -0.4 is 20.7 Å². The van der Waals surface area contributed by atoms with Crippen LogP contribution in [0.5, 0.6) is 5.75 Å². The zero-order valence-electron chi connectivity index (χ0n) is 21.2. The first-order chi connectivity index (χ1) is 18.6. The minimum absolute atomic E-state index is 0.178. The molecule has 0 saturated carbocycles. The third-order valence-electron chi connectivity index (χ3n) is 6.88. The fourth-order valence-electron chi connectivity index (χ4n) is 5.05. The monoisotopic (exact) mass is 554 g/mol. The van der Waals surface area contributed by atoms with E-state index in [0.29, 0.717) is 12.2 Å². The third-order valence-corrected chi connectivity index (χ3v) is 14.3. The number of ether oxygens (including phenoxy) is 1. The molecule has 0 fully saturated rings. The summed E-state index contributed by atoms with van der Waals surface area (Å²) in [6.45, 7) is 3.99. The van der Waals surface area contributed by atoms with Gasteiger partial charge in [-0.05, 0) is 0 Å². The van der Waals surface area contributed by atoms with E-state index in [1.54, 1.807) is 21.6 Å². The molecular weight excluding hydrogens is 523 g/mol. The third kappa shape index (κ3) is 6.15. The molecule has 0 bridgehead atoms. The Bertz CT molecular complexity index is 1310. The van der Waals surface area contributed by atoms with Crippen LogP contribution in [0.3, 0.4) is 0 Å². The summed E-state index contributed by atoms with van der Waals surface area (Å²) in [5.41, 5.74) is 1.12. The van der Waals surface area contributed by atoms with E-state index in [1.807, 2.05) is 24.3 Å². The van der Waals surface area contributed by atoms with Gasteiger partial charge in [-0.3, -0.25) is 0 Å². The van der Waals surface area contributed by atoms with Crippen molar-refractivity contribution in [2.45, 2.75) is 19.3 Å². The summed E-state index contributed by atoms with van der Waals surface area (Å²) in [4.78, 5) is 14.9. The zero-order chi connectivity index (χ0) is 26.2. The van der Waals surface area contributed by atoms with Gasteiger partial charge in [-0.15, -0.1) is 0 Å². The first kappa shape index (κ1) is 26.6. The number of carbonyl (C=O) groups excluding carboxylic acids is 1. The van der Waals surface area contributed by atoms with Gasteiger partial charge in [0.05, 0.1) is 0 Å². The van der Waals surface area contributed by atoms with Crippen molar-refractivity contribution in [2.24, 2.45) is 0 Å². The van der Waals surface area contributed by atoms with Gasteiger partial charge in [0.15, 0.2) is 0 Å². The molecule has 0 aliphatic carbocycles. The molecule has 4 aromatic rings. The number of esters is 1. The smallest absolute Gasteiger partial charge is 0.0531 e. The Labute approximate surface area is 234 Å². The van der Waals surface area contributed by atoms with Crippen molar-refractivity contribution in [1.82, 2.24) is 0 Å². The topological polar surface area (TPSA) is 26.3 Å². The van der Waals surface area contributed by atoms with Crippen molar-refractivity contribution in [1.29, 1.82) is 0 Å². The fraction of sp³-hybridized carbons (Fsp3) is 0.121. The molecule has 0 atom stereocenters. The number of unbranched alkanes of at least 4 members (excludes halogenated alkanes) is 1. The maximum absolute atomic E-state index is 12.7. The van der Waals surface area contributed by atoms with Crippen LogP contribution in [0.15, 0.2) is 133 Å². The molecule has 4 aromatic carbocycles. The number of allylic oxidation sites excluding steroid dienone is 1. The van der Waals surface area contributed by atoms with E-state index in [9.17, 15) is 4.79 Å². The Morgan fingerprint density at radius 2 is 1.21 bits per heavy atom. The summed E-state index contributed by atoms with van der Waals surface area (Å²) in [5, 5.41) is 4.20. The molecule has 0 spiro atoms. The molecule has 0 radical (unpaired) electrons. The van der Waals surface area contributed by atoms with E-state index >= 15 is 0 Å². The van der Waals surface area contributed by atoms with Crippen LogP contribution in [0.2, 0.25) is 0 Å². The molecule has 38 heavy (non-hydrogen) atoms. The Kier molecular flexibility index (Phi) is 8.86. The standard InChI is InChI=1S/C33H31O2PS2/c1-26-25-32(38-37-26)27-20-22-28(23-21-27)35-33(34)19-11-12-24-36(29-13-5-2-6-14-29,30-15-7-3-8-16-30)31-17-9-4-10-18-31/h2-10,13-18,20-23,25,36H,1,11-12,19,24H2. The van der Waals surface area contributed by atoms with Crippen LogP contribution in [-0.4, -0.2) is 12.1 Å². The van der Waals surface area contributed by atoms with Gasteiger partial charge in [0, 0.05) is 4.91 Å². The summed E-state index contributed by atoms with van der Waals surface area (Å²) in [6.07, 6.45) is 5.26. The molecule has 1 heterocycles. The predicted octanol–water partition coefficient (Wildman–Crippen LogP) is 7.74. The number of rotatable bonds is 10. The van der Waals surface area contributed by atoms with Crippen LogP contribution >= 0.6 is 28.9 Å². The summed E-state index contributed by atoms with van der Waals surface area (Å²) in [5.74, 6) is 0.415. The van der Waals surface area contributed by atoms with Crippen LogP contribution in [0.1, 0.15) is 24.8 Å². The van der Waals surface area contributed by atoms with Gasteiger partial charge in [-0.25, -0.2) is 0 Å². The zero-order valence-corrected chi connectivity index (χ0v) is 23.8. The molecule has 192 valence electrons. The van der Waals surface area contributed by atoms with E-state index in [2.05, 4.69) is 104 Å². The summed E-state index contributed by atoms with van der Waals surface area (Å²) in [7, 11) is 1.12. The van der Waals surface area contributed by atoms with E-state index in [4.69, 9.17) is 4.74 Å². The summed E-state index contributed by atoms with van der Waals surface area (Å²) >= 11 is 0. The van der Waals surface area contributed by atoms with Gasteiger partial charge in [0.2, 0.25) is 0 Å². The van der Waals surface area contributed by atoms with Crippen LogP contribution in [-0.2, 0) is 4.79 Å². The molecule has 1 aliphatic rings. The molecule has 0 aromatic heterocycles. The summed E-state index contributed by atoms with van der Waals surface area (Å²) < 4.78 is 5.66. The average molecular weight is 555 g/mol. The molecule has 2 nitrogen and oxygen atoms in total. The van der Waals surface area contributed by atoms with Crippen LogP contribution in [0.4, 0.5) is 0 Å². The van der Waals surface area contributed by atoms with E-state index < -0.39 is 7.26 Å². The Morgan fingerprint density at radius 1 is 0.684 bits per heavy atom. The molecule has 0 N–H and O–H groups in total. The quantitative estimate of drug-likeness (QED) is 0.0659. The van der Waals surface area contributed by atoms with Gasteiger partial charge >= 0.3 is 212 Å². The van der Waals surface area contributed by atoms with Crippen LogP contribution in [0, 0.1) is 0 Å². The normalized spacial score (nSPS) is 13.7. The van der Waals surface area contributed by atoms with Crippen LogP contribution in [0.25, 0.3) is 4.91 Å². The van der Waals surface area contributed by atoms with Crippen molar-refractivity contribution in [2.75, 3.05) is 6.16 Å². The Morgan fingerprint density at radius 3 is 1.68 bits per heavy atom. The van der Waals surface area contributed by atoms with E-state index in [0.717, 1.165) is 29.5 Å². The minimum atomic E-state index is -2.26. The molecule has 5 heteroatoms. The molecule has 0 amide bonds.